The van der Waals surface area contributed by atoms with E-state index in [2.05, 4.69) is 4.98 Å². The molecule has 0 amide bonds. The van der Waals surface area contributed by atoms with Crippen molar-refractivity contribution in [2.45, 2.75) is 12.7 Å². The molecular weight excluding hydrogens is 381 g/mol. The van der Waals surface area contributed by atoms with Crippen molar-refractivity contribution < 1.29 is 23.0 Å². The van der Waals surface area contributed by atoms with Crippen molar-refractivity contribution in [1.82, 2.24) is 9.55 Å². The number of hydrogen-bond donors (Lipinski definition) is 1. The number of phenols is 1. The maximum absolute atomic E-state index is 13.2. The summed E-state index contributed by atoms with van der Waals surface area (Å²) in [7, 11) is 1.43. The Labute approximate surface area is 164 Å². The first kappa shape index (κ1) is 18.9. The Morgan fingerprint density at radius 1 is 1.00 bits per heavy atom. The van der Waals surface area contributed by atoms with Crippen LogP contribution in [0, 0.1) is 0 Å². The van der Waals surface area contributed by atoms with Crippen LogP contribution in [0.25, 0.3) is 22.4 Å². The molecule has 0 aliphatic rings. The zero-order valence-corrected chi connectivity index (χ0v) is 15.4. The number of rotatable bonds is 4. The Bertz CT molecular complexity index is 1170. The topological polar surface area (TPSA) is 47.3 Å². The lowest BCUT2D eigenvalue weighted by Gasteiger charge is -2.11. The lowest BCUT2D eigenvalue weighted by Crippen LogP contribution is -2.05. The zero-order chi connectivity index (χ0) is 20.6. The molecule has 148 valence electrons. The van der Waals surface area contributed by atoms with Gasteiger partial charge in [-0.3, -0.25) is 0 Å². The number of hydrogen-bond acceptors (Lipinski definition) is 3. The van der Waals surface area contributed by atoms with Crippen molar-refractivity contribution in [1.29, 1.82) is 0 Å². The number of ether oxygens (including phenoxy) is 1. The number of phenolic OH excluding ortho intramolecular Hbond substituents is 1. The molecule has 0 radical (unpaired) electrons. The van der Waals surface area contributed by atoms with Gasteiger partial charge in [0, 0.05) is 12.1 Å². The van der Waals surface area contributed by atoms with E-state index in [-0.39, 0.29) is 17.0 Å². The van der Waals surface area contributed by atoms with Crippen molar-refractivity contribution in [2.75, 3.05) is 7.11 Å². The Hall–Kier alpha value is -3.48. The van der Waals surface area contributed by atoms with Crippen LogP contribution in [0.4, 0.5) is 13.2 Å². The van der Waals surface area contributed by atoms with E-state index in [9.17, 15) is 18.3 Å². The highest BCUT2D eigenvalue weighted by atomic mass is 19.4. The molecule has 0 saturated carbocycles. The minimum atomic E-state index is -4.45. The van der Waals surface area contributed by atoms with Crippen LogP contribution in [0.1, 0.15) is 11.1 Å². The van der Waals surface area contributed by atoms with Gasteiger partial charge in [0.25, 0.3) is 0 Å². The van der Waals surface area contributed by atoms with Gasteiger partial charge < -0.3 is 14.4 Å². The molecule has 0 fully saturated rings. The molecule has 4 aromatic rings. The van der Waals surface area contributed by atoms with Crippen molar-refractivity contribution in [3.63, 3.8) is 0 Å². The number of alkyl halides is 3. The molecule has 0 spiro atoms. The predicted molar refractivity (Wildman–Crippen MR) is 104 cm³/mol. The fraction of sp³-hybridized carbons (Fsp3) is 0.136. The molecule has 1 aromatic heterocycles. The summed E-state index contributed by atoms with van der Waals surface area (Å²) in [5.41, 5.74) is 1.70. The van der Waals surface area contributed by atoms with Gasteiger partial charge in [0.1, 0.15) is 5.82 Å². The number of aromatic nitrogens is 2. The van der Waals surface area contributed by atoms with E-state index in [0.29, 0.717) is 23.4 Å². The van der Waals surface area contributed by atoms with E-state index in [0.717, 1.165) is 17.7 Å². The first-order valence-electron chi connectivity index (χ1n) is 8.85. The van der Waals surface area contributed by atoms with Gasteiger partial charge in [-0.05, 0) is 42.0 Å². The van der Waals surface area contributed by atoms with Crippen molar-refractivity contribution in [2.24, 2.45) is 0 Å². The Balaban J connectivity index is 1.92. The van der Waals surface area contributed by atoms with Gasteiger partial charge in [-0.25, -0.2) is 4.98 Å². The van der Waals surface area contributed by atoms with Crippen molar-refractivity contribution in [3.8, 4) is 22.9 Å². The first-order chi connectivity index (χ1) is 13.9. The fourth-order valence-electron chi connectivity index (χ4n) is 3.27. The fourth-order valence-corrected chi connectivity index (χ4v) is 3.27. The second-order valence-corrected chi connectivity index (χ2v) is 6.60. The molecule has 0 saturated heterocycles. The van der Waals surface area contributed by atoms with Crippen molar-refractivity contribution >= 4 is 11.0 Å². The summed E-state index contributed by atoms with van der Waals surface area (Å²) in [6.45, 7) is 0.432. The van der Waals surface area contributed by atoms with Crippen LogP contribution in [-0.2, 0) is 12.7 Å². The number of methoxy groups -OCH3 is 1. The second kappa shape index (κ2) is 7.16. The van der Waals surface area contributed by atoms with Gasteiger partial charge in [-0.2, -0.15) is 13.2 Å². The minimum absolute atomic E-state index is 0.0265. The quantitative estimate of drug-likeness (QED) is 0.495. The van der Waals surface area contributed by atoms with Gasteiger partial charge in [0.05, 0.1) is 23.7 Å². The average Bonchev–Trinajstić information content (AvgIpc) is 3.06. The molecule has 0 bridgehead atoms. The first-order valence-corrected chi connectivity index (χ1v) is 8.85. The molecule has 7 heteroatoms. The van der Waals surface area contributed by atoms with Crippen LogP contribution in [0.15, 0.2) is 66.7 Å². The Kier molecular flexibility index (Phi) is 4.66. The highest BCUT2D eigenvalue weighted by Crippen LogP contribution is 2.35. The standard InChI is InChI=1S/C22H17F3N2O2/c1-29-20-11-15(7-10-19(20)28)21-26-17-12-16(22(23,24)25)8-9-18(17)27(21)13-14-5-3-2-4-6-14/h2-12,28H,13H2,1H3. The monoisotopic (exact) mass is 398 g/mol. The number of aromatic hydroxyl groups is 1. The molecule has 0 aliphatic carbocycles. The Morgan fingerprint density at radius 3 is 2.45 bits per heavy atom. The molecule has 0 unspecified atom stereocenters. The molecule has 0 atom stereocenters. The number of imidazole rings is 1. The summed E-state index contributed by atoms with van der Waals surface area (Å²) in [6, 6.07) is 17.9. The van der Waals surface area contributed by atoms with Gasteiger partial charge in [-0.1, -0.05) is 30.3 Å². The van der Waals surface area contributed by atoms with Gasteiger partial charge in [-0.15, -0.1) is 0 Å². The highest BCUT2D eigenvalue weighted by molar-refractivity contribution is 5.82. The van der Waals surface area contributed by atoms with Crippen LogP contribution in [0.2, 0.25) is 0 Å². The van der Waals surface area contributed by atoms with E-state index < -0.39 is 11.7 Å². The number of fused-ring (bicyclic) bond motifs is 1. The van der Waals surface area contributed by atoms with Crippen LogP contribution >= 0.6 is 0 Å². The summed E-state index contributed by atoms with van der Waals surface area (Å²) < 4.78 is 46.5. The smallest absolute Gasteiger partial charge is 0.416 e. The third-order valence-electron chi connectivity index (χ3n) is 4.70. The number of benzene rings is 3. The maximum atomic E-state index is 13.2. The number of nitrogens with zero attached hydrogens (tertiary/aromatic N) is 2. The molecule has 29 heavy (non-hydrogen) atoms. The lowest BCUT2D eigenvalue weighted by atomic mass is 10.1. The van der Waals surface area contributed by atoms with E-state index >= 15 is 0 Å². The molecule has 3 aromatic carbocycles. The van der Waals surface area contributed by atoms with E-state index in [1.807, 2.05) is 34.9 Å². The van der Waals surface area contributed by atoms with Gasteiger partial charge in [0.2, 0.25) is 0 Å². The minimum Gasteiger partial charge on any atom is -0.504 e. The molecule has 1 heterocycles. The molecule has 1 N–H and O–H groups in total. The van der Waals surface area contributed by atoms with Crippen LogP contribution in [0.5, 0.6) is 11.5 Å². The predicted octanol–water partition coefficient (Wildman–Crippen LogP) is 5.48. The molecule has 4 nitrogen and oxygen atoms in total. The lowest BCUT2D eigenvalue weighted by molar-refractivity contribution is -0.137. The summed E-state index contributed by atoms with van der Waals surface area (Å²) >= 11 is 0. The second-order valence-electron chi connectivity index (χ2n) is 6.60. The maximum Gasteiger partial charge on any atom is 0.416 e. The summed E-state index contributed by atoms with van der Waals surface area (Å²) in [6.07, 6.45) is -4.45. The van der Waals surface area contributed by atoms with Crippen LogP contribution in [-0.4, -0.2) is 21.8 Å². The summed E-state index contributed by atoms with van der Waals surface area (Å²) in [4.78, 5) is 4.48. The third-order valence-corrected chi connectivity index (χ3v) is 4.70. The third kappa shape index (κ3) is 3.63. The average molecular weight is 398 g/mol. The molecule has 4 rings (SSSR count). The van der Waals surface area contributed by atoms with Crippen LogP contribution < -0.4 is 4.74 Å². The largest absolute Gasteiger partial charge is 0.504 e. The zero-order valence-electron chi connectivity index (χ0n) is 15.4. The highest BCUT2D eigenvalue weighted by Gasteiger charge is 2.31. The SMILES string of the molecule is COc1cc(-c2nc3cc(C(F)(F)F)ccc3n2Cc2ccccc2)ccc1O. The van der Waals surface area contributed by atoms with Gasteiger partial charge in [0.15, 0.2) is 11.5 Å². The van der Waals surface area contributed by atoms with E-state index in [1.165, 1.54) is 19.2 Å². The van der Waals surface area contributed by atoms with Gasteiger partial charge >= 0.3 is 6.18 Å². The molecule has 0 aliphatic heterocycles. The normalized spacial score (nSPS) is 11.7. The van der Waals surface area contributed by atoms with Crippen molar-refractivity contribution in [3.05, 3.63) is 77.9 Å². The van der Waals surface area contributed by atoms with E-state index in [4.69, 9.17) is 4.74 Å². The van der Waals surface area contributed by atoms with E-state index in [1.54, 1.807) is 12.1 Å². The molecular formula is C22H17F3N2O2. The summed E-state index contributed by atoms with van der Waals surface area (Å²) in [5, 5.41) is 9.87. The Morgan fingerprint density at radius 2 is 1.76 bits per heavy atom. The van der Waals surface area contributed by atoms with Crippen LogP contribution in [0.3, 0.4) is 0 Å². The number of halogens is 3. The summed E-state index contributed by atoms with van der Waals surface area (Å²) in [5.74, 6) is 0.722.